The van der Waals surface area contributed by atoms with Crippen LogP contribution in [0.4, 0.5) is 5.69 Å². The summed E-state index contributed by atoms with van der Waals surface area (Å²) < 4.78 is 25.4. The van der Waals surface area contributed by atoms with Crippen molar-refractivity contribution in [3.8, 4) is 6.07 Å². The molecule has 5 nitrogen and oxygen atoms in total. The minimum absolute atomic E-state index is 0.157. The molecule has 1 saturated heterocycles. The summed E-state index contributed by atoms with van der Waals surface area (Å²) in [5, 5.41) is 8.80. The summed E-state index contributed by atoms with van der Waals surface area (Å²) in [5.74, 6) is 0.157. The fraction of sp³-hybridized carbons (Fsp3) is 0.500. The van der Waals surface area contributed by atoms with Gasteiger partial charge in [0.15, 0.2) is 0 Å². The van der Waals surface area contributed by atoms with Crippen LogP contribution in [0.15, 0.2) is 24.3 Å². The van der Waals surface area contributed by atoms with Crippen molar-refractivity contribution in [2.45, 2.75) is 13.3 Å². The van der Waals surface area contributed by atoms with E-state index in [2.05, 4.69) is 11.0 Å². The van der Waals surface area contributed by atoms with E-state index >= 15 is 0 Å². The van der Waals surface area contributed by atoms with E-state index in [0.717, 1.165) is 18.7 Å². The van der Waals surface area contributed by atoms with Gasteiger partial charge in [0.2, 0.25) is 10.0 Å². The first kappa shape index (κ1) is 14.8. The summed E-state index contributed by atoms with van der Waals surface area (Å²) in [5.41, 5.74) is 1.68. The van der Waals surface area contributed by atoms with Crippen LogP contribution in [0, 0.1) is 11.3 Å². The van der Waals surface area contributed by atoms with Crippen LogP contribution >= 0.6 is 0 Å². The zero-order chi connectivity index (χ0) is 14.6. The molecule has 0 spiro atoms. The Morgan fingerprint density at radius 2 is 1.85 bits per heavy atom. The Balaban J connectivity index is 2.07. The van der Waals surface area contributed by atoms with Gasteiger partial charge in [0.1, 0.15) is 0 Å². The number of anilines is 1. The molecule has 0 unspecified atom stereocenters. The fourth-order valence-corrected chi connectivity index (χ4v) is 3.49. The predicted molar refractivity (Wildman–Crippen MR) is 79.0 cm³/mol. The van der Waals surface area contributed by atoms with Gasteiger partial charge in [-0.25, -0.2) is 12.7 Å². The summed E-state index contributed by atoms with van der Waals surface area (Å²) in [7, 11) is -3.10. The molecule has 0 radical (unpaired) electrons. The van der Waals surface area contributed by atoms with E-state index in [4.69, 9.17) is 5.26 Å². The Morgan fingerprint density at radius 1 is 1.15 bits per heavy atom. The molecule has 0 aromatic heterocycles. The summed E-state index contributed by atoms with van der Waals surface area (Å²) in [6.07, 6.45) is 0.819. The number of nitriles is 1. The number of hydrogen-bond acceptors (Lipinski definition) is 4. The molecule has 1 fully saturated rings. The number of rotatable bonds is 3. The molecule has 0 atom stereocenters. The average molecular weight is 293 g/mol. The standard InChI is InChI=1S/C14H19N3O2S/c1-2-20(18,19)17-9-3-8-16(10-11-17)14-6-4-13(12-15)5-7-14/h4-7H,2-3,8-11H2,1H3. The van der Waals surface area contributed by atoms with E-state index in [0.29, 0.717) is 25.2 Å². The van der Waals surface area contributed by atoms with Crippen LogP contribution in [0.3, 0.4) is 0 Å². The Morgan fingerprint density at radius 3 is 2.45 bits per heavy atom. The van der Waals surface area contributed by atoms with Gasteiger partial charge in [-0.15, -0.1) is 0 Å². The van der Waals surface area contributed by atoms with Crippen molar-refractivity contribution in [3.63, 3.8) is 0 Å². The van der Waals surface area contributed by atoms with Crippen LogP contribution in [0.2, 0.25) is 0 Å². The smallest absolute Gasteiger partial charge is 0.213 e. The van der Waals surface area contributed by atoms with Crippen molar-refractivity contribution in [2.75, 3.05) is 36.8 Å². The molecule has 20 heavy (non-hydrogen) atoms. The molecular formula is C14H19N3O2S. The molecule has 6 heteroatoms. The third-order valence-corrected chi connectivity index (χ3v) is 5.46. The Kier molecular flexibility index (Phi) is 4.63. The molecule has 1 aliphatic heterocycles. The largest absolute Gasteiger partial charge is 0.370 e. The Hall–Kier alpha value is -1.58. The van der Waals surface area contributed by atoms with Gasteiger partial charge in [-0.2, -0.15) is 5.26 Å². The van der Waals surface area contributed by atoms with Crippen LogP contribution < -0.4 is 4.90 Å². The number of sulfonamides is 1. The maximum Gasteiger partial charge on any atom is 0.213 e. The topological polar surface area (TPSA) is 64.4 Å². The third kappa shape index (κ3) is 3.30. The Bertz CT molecular complexity index is 590. The van der Waals surface area contributed by atoms with Gasteiger partial charge < -0.3 is 4.90 Å². The molecule has 2 rings (SSSR count). The molecular weight excluding hydrogens is 274 g/mol. The van der Waals surface area contributed by atoms with Crippen LogP contribution in [-0.4, -0.2) is 44.7 Å². The monoisotopic (exact) mass is 293 g/mol. The van der Waals surface area contributed by atoms with E-state index < -0.39 is 10.0 Å². The van der Waals surface area contributed by atoms with Crippen LogP contribution in [0.1, 0.15) is 18.9 Å². The van der Waals surface area contributed by atoms with Crippen LogP contribution in [0.5, 0.6) is 0 Å². The van der Waals surface area contributed by atoms with Crippen molar-refractivity contribution in [3.05, 3.63) is 29.8 Å². The van der Waals surface area contributed by atoms with Gasteiger partial charge in [0.05, 0.1) is 17.4 Å². The summed E-state index contributed by atoms with van der Waals surface area (Å²) in [6.45, 7) is 4.31. The van der Waals surface area contributed by atoms with Crippen molar-refractivity contribution < 1.29 is 8.42 Å². The summed E-state index contributed by atoms with van der Waals surface area (Å²) in [6, 6.07) is 9.52. The lowest BCUT2D eigenvalue weighted by Crippen LogP contribution is -2.36. The van der Waals surface area contributed by atoms with Gasteiger partial charge in [0.25, 0.3) is 0 Å². The fourth-order valence-electron chi connectivity index (χ4n) is 2.36. The highest BCUT2D eigenvalue weighted by Crippen LogP contribution is 2.18. The molecule has 1 aliphatic rings. The lowest BCUT2D eigenvalue weighted by atomic mass is 10.2. The first-order valence-corrected chi connectivity index (χ1v) is 8.40. The zero-order valence-electron chi connectivity index (χ0n) is 11.6. The second kappa shape index (κ2) is 6.25. The van der Waals surface area contributed by atoms with Crippen LogP contribution in [0.25, 0.3) is 0 Å². The molecule has 1 aromatic rings. The second-order valence-electron chi connectivity index (χ2n) is 4.80. The highest BCUT2D eigenvalue weighted by molar-refractivity contribution is 7.89. The minimum Gasteiger partial charge on any atom is -0.370 e. The lowest BCUT2D eigenvalue weighted by molar-refractivity contribution is 0.434. The summed E-state index contributed by atoms with van der Waals surface area (Å²) >= 11 is 0. The molecule has 0 saturated carbocycles. The minimum atomic E-state index is -3.10. The number of benzene rings is 1. The first-order valence-electron chi connectivity index (χ1n) is 6.80. The van der Waals surface area contributed by atoms with Gasteiger partial charge in [-0.1, -0.05) is 0 Å². The zero-order valence-corrected chi connectivity index (χ0v) is 12.4. The molecule has 0 amide bonds. The van der Waals surface area contributed by atoms with Gasteiger partial charge >= 0.3 is 0 Å². The van der Waals surface area contributed by atoms with Crippen LogP contribution in [-0.2, 0) is 10.0 Å². The lowest BCUT2D eigenvalue weighted by Gasteiger charge is -2.23. The second-order valence-corrected chi connectivity index (χ2v) is 7.06. The molecule has 0 aliphatic carbocycles. The highest BCUT2D eigenvalue weighted by Gasteiger charge is 2.23. The molecule has 0 bridgehead atoms. The SMILES string of the molecule is CCS(=O)(=O)N1CCCN(c2ccc(C#N)cc2)CC1. The van der Waals surface area contributed by atoms with E-state index in [1.165, 1.54) is 0 Å². The number of hydrogen-bond donors (Lipinski definition) is 0. The number of nitrogens with zero attached hydrogens (tertiary/aromatic N) is 3. The molecule has 0 N–H and O–H groups in total. The third-order valence-electron chi connectivity index (χ3n) is 3.57. The maximum absolute atomic E-state index is 11.9. The highest BCUT2D eigenvalue weighted by atomic mass is 32.2. The summed E-state index contributed by atoms with van der Waals surface area (Å²) in [4.78, 5) is 2.17. The van der Waals surface area contributed by atoms with Crippen molar-refractivity contribution in [2.24, 2.45) is 0 Å². The van der Waals surface area contributed by atoms with E-state index in [9.17, 15) is 8.42 Å². The molecule has 1 aromatic carbocycles. The van der Waals surface area contributed by atoms with Crippen molar-refractivity contribution in [1.29, 1.82) is 5.26 Å². The average Bonchev–Trinajstić information content (AvgIpc) is 2.74. The maximum atomic E-state index is 11.9. The van der Waals surface area contributed by atoms with Gasteiger partial charge in [-0.05, 0) is 37.6 Å². The van der Waals surface area contributed by atoms with Gasteiger partial charge in [-0.3, -0.25) is 0 Å². The molecule has 108 valence electrons. The van der Waals surface area contributed by atoms with E-state index in [1.807, 2.05) is 12.1 Å². The van der Waals surface area contributed by atoms with Gasteiger partial charge in [0, 0.05) is 31.9 Å². The first-order chi connectivity index (χ1) is 9.56. The normalized spacial score (nSPS) is 17.5. The van der Waals surface area contributed by atoms with E-state index in [-0.39, 0.29) is 5.75 Å². The predicted octanol–water partition coefficient (Wildman–Crippen LogP) is 1.42. The van der Waals surface area contributed by atoms with Crippen molar-refractivity contribution in [1.82, 2.24) is 4.31 Å². The van der Waals surface area contributed by atoms with E-state index in [1.54, 1.807) is 23.4 Å². The quantitative estimate of drug-likeness (QED) is 0.845. The van der Waals surface area contributed by atoms with Crippen molar-refractivity contribution >= 4 is 15.7 Å². The Labute approximate surface area is 120 Å². The molecule has 1 heterocycles.